The Balaban J connectivity index is 0.000000892. The zero-order chi connectivity index (χ0) is 31.3. The summed E-state index contributed by atoms with van der Waals surface area (Å²) in [6, 6.07) is 25.9. The zero-order valence-electron chi connectivity index (χ0n) is 25.7. The molecule has 42 heavy (non-hydrogen) atoms. The second kappa shape index (κ2) is 13.2. The molecule has 1 aliphatic rings. The molecule has 0 bridgehead atoms. The lowest BCUT2D eigenvalue weighted by molar-refractivity contribution is -2.00. The first-order chi connectivity index (χ1) is 19.4. The average molecular weight is 589 g/mol. The molecule has 0 saturated carbocycles. The molecule has 0 amide bonds. The predicted molar refractivity (Wildman–Crippen MR) is 159 cm³/mol. The van der Waals surface area contributed by atoms with E-state index < -0.39 is 10.2 Å². The molecule has 0 N–H and O–H groups in total. The highest BCUT2D eigenvalue weighted by Crippen LogP contribution is 2.37. The molecule has 222 valence electrons. The van der Waals surface area contributed by atoms with Crippen LogP contribution in [0.3, 0.4) is 0 Å². The molecule has 2 heterocycles. The summed E-state index contributed by atoms with van der Waals surface area (Å²) in [5.41, 5.74) is 10.0. The van der Waals surface area contributed by atoms with E-state index in [-0.39, 0.29) is 10.8 Å². The molecule has 0 atom stereocenters. The van der Waals surface area contributed by atoms with Crippen molar-refractivity contribution < 1.29 is 33.4 Å². The van der Waals surface area contributed by atoms with Crippen molar-refractivity contribution in [2.45, 2.75) is 47.0 Å². The second-order valence-electron chi connectivity index (χ2n) is 12.4. The third kappa shape index (κ3) is 9.24. The van der Waals surface area contributed by atoms with Gasteiger partial charge in [0.15, 0.2) is 5.69 Å². The average Bonchev–Trinajstić information content (AvgIpc) is 2.89. The van der Waals surface area contributed by atoms with Gasteiger partial charge in [0.1, 0.15) is 7.05 Å². The quantitative estimate of drug-likeness (QED) is 0.434. The summed E-state index contributed by atoms with van der Waals surface area (Å²) in [6.45, 7) is 13.7. The van der Waals surface area contributed by atoms with Gasteiger partial charge in [0, 0.05) is 47.5 Å². The van der Waals surface area contributed by atoms with Gasteiger partial charge in [-0.2, -0.15) is 4.57 Å². The smallest absolute Gasteiger partial charge is 0.205 e. The molecule has 4 rings (SSSR count). The van der Waals surface area contributed by atoms with Gasteiger partial charge in [0.25, 0.3) is 0 Å². The summed E-state index contributed by atoms with van der Waals surface area (Å²) < 4.78 is 36.3. The van der Waals surface area contributed by atoms with Gasteiger partial charge in [-0.25, -0.2) is 18.6 Å². The van der Waals surface area contributed by atoms with Crippen molar-refractivity contribution >= 4 is 11.6 Å². The van der Waals surface area contributed by atoms with Crippen molar-refractivity contribution in [2.24, 2.45) is 12.5 Å². The van der Waals surface area contributed by atoms with E-state index in [1.54, 1.807) is 0 Å². The third-order valence-corrected chi connectivity index (χ3v) is 6.97. The second-order valence-corrected chi connectivity index (χ2v) is 13.1. The number of aromatic nitrogens is 1. The van der Waals surface area contributed by atoms with E-state index in [9.17, 15) is 0 Å². The minimum absolute atomic E-state index is 0.0317. The third-order valence-electron chi connectivity index (χ3n) is 6.97. The first kappa shape index (κ1) is 33.0. The van der Waals surface area contributed by atoms with Gasteiger partial charge in [0.2, 0.25) is 5.69 Å². The lowest BCUT2D eigenvalue weighted by atomic mass is 9.86. The maximum Gasteiger partial charge on any atom is 0.205 e. The lowest BCUT2D eigenvalue weighted by Crippen LogP contribution is -2.68. The molecule has 0 spiro atoms. The van der Waals surface area contributed by atoms with Crippen LogP contribution in [0, 0.1) is 15.7 Å². The van der Waals surface area contributed by atoms with Crippen molar-refractivity contribution in [2.75, 3.05) is 7.05 Å². The van der Waals surface area contributed by atoms with Gasteiger partial charge in [-0.05, 0) is 40.5 Å². The summed E-state index contributed by atoms with van der Waals surface area (Å²) in [5, 5.41) is 0. The van der Waals surface area contributed by atoms with Crippen molar-refractivity contribution in [3.8, 4) is 11.1 Å². The summed E-state index contributed by atoms with van der Waals surface area (Å²) in [6.07, 6.45) is 11.3. The van der Waals surface area contributed by atoms with Crippen molar-refractivity contribution in [1.29, 1.82) is 0 Å². The first-order valence-electron chi connectivity index (χ1n) is 13.8. The largest absolute Gasteiger partial charge is 0.348 e. The van der Waals surface area contributed by atoms with Crippen LogP contribution >= 0.6 is 0 Å². The molecule has 0 aliphatic carbocycles. The van der Waals surface area contributed by atoms with Gasteiger partial charge in [0.05, 0.1) is 0 Å². The van der Waals surface area contributed by atoms with E-state index in [1.165, 1.54) is 45.0 Å². The molecule has 1 aliphatic heterocycles. The monoisotopic (exact) mass is 588 g/mol. The van der Waals surface area contributed by atoms with Crippen LogP contribution in [0.2, 0.25) is 0 Å². The minimum atomic E-state index is -4.94. The Hall–Kier alpha value is -3.52. The zero-order valence-corrected chi connectivity index (χ0v) is 26.5. The van der Waals surface area contributed by atoms with Crippen LogP contribution in [-0.2, 0) is 12.5 Å². The number of pyridine rings is 1. The van der Waals surface area contributed by atoms with Crippen LogP contribution < -0.4 is 23.2 Å². The van der Waals surface area contributed by atoms with E-state index >= 15 is 0 Å². The number of benzene rings is 2. The van der Waals surface area contributed by atoms with Crippen LogP contribution in [0.25, 0.3) is 22.8 Å². The number of allylic oxidation sites excluding steroid dienone is 6. The van der Waals surface area contributed by atoms with Crippen molar-refractivity contribution in [3.63, 3.8) is 0 Å². The molecule has 7 heteroatoms. The van der Waals surface area contributed by atoms with Crippen molar-refractivity contribution in [3.05, 3.63) is 125 Å². The van der Waals surface area contributed by atoms with Crippen molar-refractivity contribution in [1.82, 2.24) is 4.90 Å². The van der Waals surface area contributed by atoms with Crippen LogP contribution in [-0.4, -0.2) is 11.9 Å². The summed E-state index contributed by atoms with van der Waals surface area (Å²) in [5.74, 6) is 0. The number of nitrogens with zero attached hydrogens (tertiary/aromatic N) is 2. The predicted octanol–water partition coefficient (Wildman–Crippen LogP) is 3.58. The van der Waals surface area contributed by atoms with Gasteiger partial charge in [-0.3, -0.25) is 0 Å². The maximum absolute atomic E-state index is 8.49. The fraction of sp³-hybridized carbons (Fsp3) is 0.286. The molecule has 3 aromatic rings. The Kier molecular flexibility index (Phi) is 10.4. The number of likely N-dealkylation sites (N-methyl/N-ethyl adjacent to an activating group) is 1. The van der Waals surface area contributed by atoms with Crippen LogP contribution in [0.15, 0.2) is 108 Å². The molecule has 1 aromatic heterocycles. The number of halogens is 1. The van der Waals surface area contributed by atoms with Gasteiger partial charge in [-0.15, -0.1) is 10.2 Å². The highest BCUT2D eigenvalue weighted by atomic mass is 35.7. The molecule has 6 nitrogen and oxygen atoms in total. The van der Waals surface area contributed by atoms with Crippen LogP contribution in [0.4, 0.5) is 0 Å². The summed E-state index contributed by atoms with van der Waals surface area (Å²) in [7, 11) is -0.606. The number of hydrogen-bond acceptors (Lipinski definition) is 5. The molecule has 0 radical (unpaired) electrons. The Morgan fingerprint density at radius 3 is 1.74 bits per heavy atom. The highest BCUT2D eigenvalue weighted by molar-refractivity contribution is 5.78. The standard InChI is InChI=1S/C35H41N2.ClHO4/c1-34(2,3)32-24-28(26-16-11-9-12-17-26)22-30(36(32)7)20-15-21-31-23-29(27-18-13-10-14-19-27)25-33(37(31)8)35(4,5)6;2-1(3,4)5/h9-25H,1-8H3;(H,2,3,4,5)/q+1;/p-1. The molecule has 0 unspecified atom stereocenters. The molecular weight excluding hydrogens is 548 g/mol. The fourth-order valence-electron chi connectivity index (χ4n) is 4.96. The SMILES string of the molecule is CN1C(C(C)(C)C)=CC(c2ccccc2)=C/C1=C\C=C\c1cc(-c2ccccc2)cc(C(C)(C)C)[n+]1C.[O-][Cl+3]([O-])([O-])[O-]. The molecule has 2 aromatic carbocycles. The van der Waals surface area contributed by atoms with Gasteiger partial charge in [-0.1, -0.05) is 108 Å². The summed E-state index contributed by atoms with van der Waals surface area (Å²) in [4.78, 5) is 2.32. The maximum atomic E-state index is 8.49. The first-order valence-corrected chi connectivity index (χ1v) is 15.0. The van der Waals surface area contributed by atoms with Crippen LogP contribution in [0.1, 0.15) is 58.5 Å². The fourth-order valence-corrected chi connectivity index (χ4v) is 4.96. The van der Waals surface area contributed by atoms with E-state index in [0.29, 0.717) is 0 Å². The number of hydrogen-bond donors (Lipinski definition) is 0. The lowest BCUT2D eigenvalue weighted by Gasteiger charge is -2.36. The van der Waals surface area contributed by atoms with Crippen LogP contribution in [0.5, 0.6) is 0 Å². The Morgan fingerprint density at radius 2 is 1.24 bits per heavy atom. The Bertz CT molecular complexity index is 1480. The van der Waals surface area contributed by atoms with Gasteiger partial charge >= 0.3 is 0 Å². The minimum Gasteiger partial charge on any atom is -0.348 e. The molecular formula is C35H41ClN2O4. The topological polar surface area (TPSA) is 99.4 Å². The normalized spacial score (nSPS) is 15.3. The van der Waals surface area contributed by atoms with E-state index in [1.807, 2.05) is 0 Å². The highest BCUT2D eigenvalue weighted by Gasteiger charge is 2.27. The van der Waals surface area contributed by atoms with E-state index in [4.69, 9.17) is 18.6 Å². The number of rotatable bonds is 4. The van der Waals surface area contributed by atoms with E-state index in [0.717, 1.165) is 0 Å². The molecule has 0 fully saturated rings. The Morgan fingerprint density at radius 1 is 0.714 bits per heavy atom. The van der Waals surface area contributed by atoms with Gasteiger partial charge < -0.3 is 4.90 Å². The summed E-state index contributed by atoms with van der Waals surface area (Å²) >= 11 is 0. The molecule has 0 saturated heterocycles. The van der Waals surface area contributed by atoms with E-state index in [2.05, 4.69) is 168 Å². The Labute approximate surface area is 252 Å².